The average molecular weight is 433 g/mol. The lowest BCUT2D eigenvalue weighted by Crippen LogP contribution is -2.59. The largest absolute Gasteiger partial charge is 0.465 e. The van der Waals surface area contributed by atoms with Gasteiger partial charge in [-0.1, -0.05) is 13.8 Å². The Morgan fingerprint density at radius 1 is 1.03 bits per heavy atom. The summed E-state index contributed by atoms with van der Waals surface area (Å²) in [4.78, 5) is 49.2. The monoisotopic (exact) mass is 432 g/mol. The second kappa shape index (κ2) is 8.00. The maximum Gasteiger partial charge on any atom is 0.303 e. The molecule has 6 nitrogen and oxygen atoms in total. The van der Waals surface area contributed by atoms with Crippen LogP contribution >= 0.6 is 0 Å². The van der Waals surface area contributed by atoms with E-state index in [2.05, 4.69) is 13.8 Å². The van der Waals surface area contributed by atoms with Crippen LogP contribution in [0.4, 0.5) is 0 Å². The predicted molar refractivity (Wildman–Crippen MR) is 113 cm³/mol. The van der Waals surface area contributed by atoms with Crippen LogP contribution in [-0.2, 0) is 28.7 Å². The lowest BCUT2D eigenvalue weighted by atomic mass is 9.44. The second-order valence-corrected chi connectivity index (χ2v) is 10.8. The van der Waals surface area contributed by atoms with E-state index >= 15 is 0 Å². The summed E-state index contributed by atoms with van der Waals surface area (Å²) < 4.78 is 10.9. The molecule has 0 amide bonds. The summed E-state index contributed by atoms with van der Waals surface area (Å²) in [5, 5.41) is 0. The molecule has 0 saturated heterocycles. The molecule has 8 atom stereocenters. The smallest absolute Gasteiger partial charge is 0.303 e. The molecule has 0 heterocycles. The Morgan fingerprint density at radius 2 is 1.77 bits per heavy atom. The highest BCUT2D eigenvalue weighted by atomic mass is 16.5. The quantitative estimate of drug-likeness (QED) is 0.627. The van der Waals surface area contributed by atoms with E-state index < -0.39 is 17.5 Å². The van der Waals surface area contributed by atoms with Gasteiger partial charge in [0.05, 0.1) is 6.61 Å². The van der Waals surface area contributed by atoms with Crippen LogP contribution in [0.1, 0.15) is 79.1 Å². The fourth-order valence-electron chi connectivity index (χ4n) is 8.26. The van der Waals surface area contributed by atoms with Crippen LogP contribution in [-0.4, -0.2) is 36.2 Å². The molecule has 0 N–H and O–H groups in total. The topological polar surface area (TPSA) is 86.7 Å². The molecule has 0 bridgehead atoms. The highest BCUT2D eigenvalue weighted by Crippen LogP contribution is 2.67. The van der Waals surface area contributed by atoms with Crippen LogP contribution < -0.4 is 0 Å². The van der Waals surface area contributed by atoms with Crippen molar-refractivity contribution in [3.63, 3.8) is 0 Å². The Kier molecular flexibility index (Phi) is 5.80. The van der Waals surface area contributed by atoms with Crippen molar-refractivity contribution in [3.8, 4) is 0 Å². The van der Waals surface area contributed by atoms with Crippen molar-refractivity contribution in [1.29, 1.82) is 0 Å². The molecule has 0 aromatic rings. The first-order chi connectivity index (χ1) is 14.6. The van der Waals surface area contributed by atoms with Gasteiger partial charge in [0.25, 0.3) is 0 Å². The predicted octanol–water partition coefficient (Wildman–Crippen LogP) is 3.89. The summed E-state index contributed by atoms with van der Waals surface area (Å²) in [7, 11) is 0. The zero-order valence-corrected chi connectivity index (χ0v) is 19.3. The highest BCUT2D eigenvalue weighted by molar-refractivity contribution is 5.87. The third-order valence-electron chi connectivity index (χ3n) is 9.50. The zero-order chi connectivity index (χ0) is 22.6. The molecule has 172 valence electrons. The molecular weight excluding hydrogens is 396 g/mol. The summed E-state index contributed by atoms with van der Waals surface area (Å²) in [6.45, 7) is 7.43. The van der Waals surface area contributed by atoms with Crippen LogP contribution in [0.5, 0.6) is 0 Å². The fourth-order valence-corrected chi connectivity index (χ4v) is 8.26. The molecule has 0 aromatic heterocycles. The Balaban J connectivity index is 1.66. The van der Waals surface area contributed by atoms with Crippen molar-refractivity contribution in [2.24, 2.45) is 40.4 Å². The number of ether oxygens (including phenoxy) is 2. The van der Waals surface area contributed by atoms with E-state index in [1.165, 1.54) is 13.8 Å². The fraction of sp³-hybridized carbons (Fsp3) is 0.840. The first-order valence-corrected chi connectivity index (χ1v) is 12.0. The van der Waals surface area contributed by atoms with E-state index in [4.69, 9.17) is 9.47 Å². The van der Waals surface area contributed by atoms with Gasteiger partial charge in [-0.05, 0) is 67.6 Å². The summed E-state index contributed by atoms with van der Waals surface area (Å²) in [5.74, 6) is 0.901. The van der Waals surface area contributed by atoms with E-state index in [1.807, 2.05) is 0 Å². The molecule has 6 heteroatoms. The summed E-state index contributed by atoms with van der Waals surface area (Å²) >= 11 is 0. The lowest BCUT2D eigenvalue weighted by Gasteiger charge is -2.61. The standard InChI is InChI=1S/C25H36O6/c1-5-18-21(28)11-20-17-7-6-16-10-23(31-15(3)27)22(29)12-25(16,13-30-14(2)26)19(17)8-9-24(18,20)4/h16-20,23H,5-13H2,1-4H3/t16?,17?,18-,19?,20?,23+,24+,25+/m0/s1. The number of hydrogen-bond acceptors (Lipinski definition) is 6. The van der Waals surface area contributed by atoms with Crippen LogP contribution in [0, 0.1) is 40.4 Å². The SMILES string of the molecule is CC[C@H]1C(=O)CC2C3CCC4C[C@@H](OC(C)=O)C(=O)C[C@]4(COC(C)=O)C3CC[C@@]21C. The molecule has 4 unspecified atom stereocenters. The Bertz CT molecular complexity index is 789. The van der Waals surface area contributed by atoms with E-state index in [9.17, 15) is 19.2 Å². The minimum Gasteiger partial charge on any atom is -0.465 e. The molecule has 4 saturated carbocycles. The van der Waals surface area contributed by atoms with Gasteiger partial charge in [0.1, 0.15) is 5.78 Å². The van der Waals surface area contributed by atoms with Crippen molar-refractivity contribution in [3.05, 3.63) is 0 Å². The summed E-state index contributed by atoms with van der Waals surface area (Å²) in [6, 6.07) is 0. The maximum absolute atomic E-state index is 13.1. The first kappa shape index (κ1) is 22.5. The van der Waals surface area contributed by atoms with Gasteiger partial charge in [0.2, 0.25) is 0 Å². The molecule has 4 aliphatic carbocycles. The number of carbonyl (C=O) groups excluding carboxylic acids is 4. The minimum atomic E-state index is -0.684. The van der Waals surface area contributed by atoms with Gasteiger partial charge in [-0.15, -0.1) is 0 Å². The van der Waals surface area contributed by atoms with Crippen molar-refractivity contribution >= 4 is 23.5 Å². The number of ketones is 2. The van der Waals surface area contributed by atoms with E-state index in [-0.39, 0.29) is 41.5 Å². The second-order valence-electron chi connectivity index (χ2n) is 10.8. The van der Waals surface area contributed by atoms with Crippen LogP contribution in [0.3, 0.4) is 0 Å². The maximum atomic E-state index is 13.1. The van der Waals surface area contributed by atoms with Crippen molar-refractivity contribution in [2.45, 2.75) is 85.2 Å². The van der Waals surface area contributed by atoms with E-state index in [0.29, 0.717) is 36.9 Å². The van der Waals surface area contributed by atoms with Crippen molar-refractivity contribution < 1.29 is 28.7 Å². The number of Topliss-reactive ketones (excluding diaryl/α,β-unsaturated/α-hetero) is 2. The third kappa shape index (κ3) is 3.54. The van der Waals surface area contributed by atoms with Crippen molar-refractivity contribution in [2.75, 3.05) is 6.61 Å². The van der Waals surface area contributed by atoms with Crippen molar-refractivity contribution in [1.82, 2.24) is 0 Å². The number of hydrogen-bond donors (Lipinski definition) is 0. The molecule has 31 heavy (non-hydrogen) atoms. The molecule has 4 aliphatic rings. The van der Waals surface area contributed by atoms with E-state index in [1.54, 1.807) is 0 Å². The summed E-state index contributed by atoms with van der Waals surface area (Å²) in [6.07, 6.45) is 5.56. The Morgan fingerprint density at radius 3 is 2.42 bits per heavy atom. The Hall–Kier alpha value is -1.72. The van der Waals surface area contributed by atoms with Gasteiger partial charge < -0.3 is 9.47 Å². The number of rotatable bonds is 4. The molecule has 0 radical (unpaired) electrons. The normalized spacial score (nSPS) is 44.1. The zero-order valence-electron chi connectivity index (χ0n) is 19.3. The van der Waals surface area contributed by atoms with E-state index in [0.717, 1.165) is 32.1 Å². The number of carbonyl (C=O) groups is 4. The molecule has 0 spiro atoms. The number of fused-ring (bicyclic) bond motifs is 5. The third-order valence-corrected chi connectivity index (χ3v) is 9.50. The molecule has 0 aliphatic heterocycles. The molecule has 4 rings (SSSR count). The number of esters is 2. The van der Waals surface area contributed by atoms with Gasteiger partial charge in [-0.3, -0.25) is 19.2 Å². The lowest BCUT2D eigenvalue weighted by molar-refractivity contribution is -0.185. The minimum absolute atomic E-state index is 0.0431. The Labute approximate surface area is 184 Å². The average Bonchev–Trinajstić information content (AvgIpc) is 2.96. The van der Waals surface area contributed by atoms with Gasteiger partial charge in [0, 0.05) is 38.0 Å². The first-order valence-electron chi connectivity index (χ1n) is 12.0. The van der Waals surface area contributed by atoms with Crippen LogP contribution in [0.2, 0.25) is 0 Å². The van der Waals surface area contributed by atoms with Crippen LogP contribution in [0.25, 0.3) is 0 Å². The highest BCUT2D eigenvalue weighted by Gasteiger charge is 2.64. The molecule has 4 fully saturated rings. The van der Waals surface area contributed by atoms with Gasteiger partial charge in [0.15, 0.2) is 11.9 Å². The molecule has 0 aromatic carbocycles. The van der Waals surface area contributed by atoms with Gasteiger partial charge in [-0.25, -0.2) is 0 Å². The summed E-state index contributed by atoms with van der Waals surface area (Å²) in [5.41, 5.74) is -0.363. The van der Waals surface area contributed by atoms with Crippen LogP contribution in [0.15, 0.2) is 0 Å². The van der Waals surface area contributed by atoms with Gasteiger partial charge in [-0.2, -0.15) is 0 Å². The molecular formula is C25H36O6. The van der Waals surface area contributed by atoms with Gasteiger partial charge >= 0.3 is 11.9 Å².